The quantitative estimate of drug-likeness (QED) is 0.406. The molecule has 0 aliphatic heterocycles. The summed E-state index contributed by atoms with van der Waals surface area (Å²) in [6.45, 7) is 3.47. The number of carbonyl (C=O) groups is 3. The zero-order chi connectivity index (χ0) is 18.9. The molecule has 1 heterocycles. The van der Waals surface area contributed by atoms with E-state index in [2.05, 4.69) is 15.6 Å². The number of rotatable bonds is 8. The fraction of sp³-hybridized carbons (Fsp3) is 0.294. The molecule has 138 valence electrons. The molecule has 0 bridgehead atoms. The third-order valence-electron chi connectivity index (χ3n) is 3.04. The molecule has 9 heteroatoms. The van der Waals surface area contributed by atoms with Gasteiger partial charge in [-0.1, -0.05) is 17.7 Å². The van der Waals surface area contributed by atoms with Gasteiger partial charge in [-0.2, -0.15) is 0 Å². The van der Waals surface area contributed by atoms with E-state index < -0.39 is 5.97 Å². The molecule has 1 aromatic carbocycles. The zero-order valence-electron chi connectivity index (χ0n) is 14.4. The molecule has 0 radical (unpaired) electrons. The third-order valence-corrected chi connectivity index (χ3v) is 4.82. The lowest BCUT2D eigenvalue weighted by molar-refractivity contribution is -0.124. The first kappa shape index (κ1) is 19.9. The summed E-state index contributed by atoms with van der Waals surface area (Å²) < 4.78 is 4.91. The summed E-state index contributed by atoms with van der Waals surface area (Å²) in [6, 6.07) is 8.14. The van der Waals surface area contributed by atoms with Crippen LogP contribution in [0.15, 0.2) is 34.5 Å². The predicted octanol–water partition coefficient (Wildman–Crippen LogP) is 2.48. The van der Waals surface area contributed by atoms with Gasteiger partial charge in [-0.3, -0.25) is 9.59 Å². The van der Waals surface area contributed by atoms with E-state index in [4.69, 9.17) is 4.74 Å². The monoisotopic (exact) mass is 393 g/mol. The maximum atomic E-state index is 11.8. The Balaban J connectivity index is 1.64. The van der Waals surface area contributed by atoms with Gasteiger partial charge in [-0.25, -0.2) is 9.78 Å². The van der Waals surface area contributed by atoms with Crippen molar-refractivity contribution < 1.29 is 19.1 Å². The largest absolute Gasteiger partial charge is 0.451 e. The summed E-state index contributed by atoms with van der Waals surface area (Å²) >= 11 is 2.74. The molecular weight excluding hydrogens is 374 g/mol. The Labute approximate surface area is 159 Å². The van der Waals surface area contributed by atoms with E-state index in [1.807, 2.05) is 31.2 Å². The number of hydrogen-bond acceptors (Lipinski definition) is 7. The van der Waals surface area contributed by atoms with Crippen LogP contribution in [-0.2, 0) is 14.3 Å². The smallest absolute Gasteiger partial charge is 0.358 e. The van der Waals surface area contributed by atoms with Crippen LogP contribution >= 0.6 is 23.1 Å². The maximum Gasteiger partial charge on any atom is 0.358 e. The van der Waals surface area contributed by atoms with Crippen molar-refractivity contribution in [1.82, 2.24) is 10.3 Å². The van der Waals surface area contributed by atoms with Crippen LogP contribution in [0.25, 0.3) is 0 Å². The highest BCUT2D eigenvalue weighted by atomic mass is 32.2. The van der Waals surface area contributed by atoms with E-state index in [9.17, 15) is 14.4 Å². The van der Waals surface area contributed by atoms with Crippen molar-refractivity contribution in [1.29, 1.82) is 0 Å². The molecule has 0 fully saturated rings. The fourth-order valence-electron chi connectivity index (χ4n) is 1.83. The van der Waals surface area contributed by atoms with E-state index in [0.29, 0.717) is 11.7 Å². The first-order valence-electron chi connectivity index (χ1n) is 7.80. The summed E-state index contributed by atoms with van der Waals surface area (Å²) in [5.41, 5.74) is 1.26. The van der Waals surface area contributed by atoms with Gasteiger partial charge in [0, 0.05) is 29.5 Å². The number of anilines is 1. The van der Waals surface area contributed by atoms with E-state index in [1.54, 1.807) is 11.8 Å². The summed E-state index contributed by atoms with van der Waals surface area (Å²) in [4.78, 5) is 39.5. The van der Waals surface area contributed by atoms with Crippen LogP contribution in [0, 0.1) is 6.92 Å². The van der Waals surface area contributed by atoms with Gasteiger partial charge >= 0.3 is 5.97 Å². The number of aryl methyl sites for hydroxylation is 1. The van der Waals surface area contributed by atoms with Crippen molar-refractivity contribution in [3.63, 3.8) is 0 Å². The number of benzene rings is 1. The Morgan fingerprint density at radius 2 is 1.96 bits per heavy atom. The van der Waals surface area contributed by atoms with Crippen LogP contribution in [0.1, 0.15) is 23.0 Å². The first-order chi connectivity index (χ1) is 12.4. The Bertz CT molecular complexity index is 775. The second kappa shape index (κ2) is 9.93. The van der Waals surface area contributed by atoms with Crippen LogP contribution < -0.4 is 10.6 Å². The highest BCUT2D eigenvalue weighted by molar-refractivity contribution is 7.99. The lowest BCUT2D eigenvalue weighted by Gasteiger charge is -2.06. The Morgan fingerprint density at radius 3 is 2.65 bits per heavy atom. The number of amides is 2. The van der Waals surface area contributed by atoms with Gasteiger partial charge in [0.15, 0.2) is 17.4 Å². The molecule has 2 amide bonds. The molecule has 0 saturated heterocycles. The van der Waals surface area contributed by atoms with Crippen LogP contribution in [0.3, 0.4) is 0 Å². The maximum absolute atomic E-state index is 11.8. The van der Waals surface area contributed by atoms with E-state index in [-0.39, 0.29) is 24.1 Å². The molecule has 0 saturated carbocycles. The van der Waals surface area contributed by atoms with Gasteiger partial charge in [0.1, 0.15) is 0 Å². The molecule has 0 aliphatic carbocycles. The molecule has 0 spiro atoms. The van der Waals surface area contributed by atoms with Gasteiger partial charge in [-0.15, -0.1) is 23.1 Å². The number of nitrogens with zero attached hydrogens (tertiary/aromatic N) is 1. The molecule has 0 unspecified atom stereocenters. The van der Waals surface area contributed by atoms with E-state index in [0.717, 1.165) is 22.0 Å². The van der Waals surface area contributed by atoms with Gasteiger partial charge in [0.25, 0.3) is 5.91 Å². The van der Waals surface area contributed by atoms with Gasteiger partial charge in [0.05, 0.1) is 0 Å². The number of hydrogen-bond donors (Lipinski definition) is 2. The topological polar surface area (TPSA) is 97.4 Å². The van der Waals surface area contributed by atoms with Crippen LogP contribution in [-0.4, -0.2) is 41.7 Å². The van der Waals surface area contributed by atoms with Crippen molar-refractivity contribution in [2.45, 2.75) is 18.7 Å². The Hall–Kier alpha value is -2.39. The van der Waals surface area contributed by atoms with E-state index in [1.165, 1.54) is 17.9 Å². The van der Waals surface area contributed by atoms with Crippen LogP contribution in [0.5, 0.6) is 0 Å². The second-order valence-corrected chi connectivity index (χ2v) is 7.33. The number of aromatic nitrogens is 1. The Morgan fingerprint density at radius 1 is 1.23 bits per heavy atom. The SMILES string of the molecule is CC(=O)Nc1nc(C(=O)OCC(=O)NCCSc2ccc(C)cc2)cs1. The standard InChI is InChI=1S/C17H19N3O4S2/c1-11-3-5-13(6-4-11)25-8-7-18-15(22)9-24-16(23)14-10-26-17(20-14)19-12(2)21/h3-6,10H,7-9H2,1-2H3,(H,18,22)(H,19,20,21). The fourth-order valence-corrected chi connectivity index (χ4v) is 3.32. The van der Waals surface area contributed by atoms with Crippen molar-refractivity contribution in [2.75, 3.05) is 24.2 Å². The summed E-state index contributed by atoms with van der Waals surface area (Å²) in [6.07, 6.45) is 0. The normalized spacial score (nSPS) is 10.2. The molecule has 1 aromatic heterocycles. The van der Waals surface area contributed by atoms with Crippen molar-refractivity contribution in [2.24, 2.45) is 0 Å². The number of esters is 1. The average Bonchev–Trinajstić information content (AvgIpc) is 3.06. The minimum atomic E-state index is -0.706. The third kappa shape index (κ3) is 6.85. The summed E-state index contributed by atoms with van der Waals surface area (Å²) in [7, 11) is 0. The summed E-state index contributed by atoms with van der Waals surface area (Å²) in [5, 5.41) is 6.93. The predicted molar refractivity (Wildman–Crippen MR) is 102 cm³/mol. The number of thioether (sulfide) groups is 1. The van der Waals surface area contributed by atoms with Crippen LogP contribution in [0.4, 0.5) is 5.13 Å². The highest BCUT2D eigenvalue weighted by Crippen LogP contribution is 2.17. The molecule has 2 aromatic rings. The lowest BCUT2D eigenvalue weighted by atomic mass is 10.2. The first-order valence-corrected chi connectivity index (χ1v) is 9.67. The Kier molecular flexibility index (Phi) is 7.61. The zero-order valence-corrected chi connectivity index (χ0v) is 16.0. The van der Waals surface area contributed by atoms with Crippen molar-refractivity contribution >= 4 is 46.0 Å². The lowest BCUT2D eigenvalue weighted by Crippen LogP contribution is -2.30. The number of nitrogens with one attached hydrogen (secondary N) is 2. The van der Waals surface area contributed by atoms with Crippen molar-refractivity contribution in [3.05, 3.63) is 40.9 Å². The molecular formula is C17H19N3O4S2. The minimum Gasteiger partial charge on any atom is -0.451 e. The molecule has 7 nitrogen and oxygen atoms in total. The van der Waals surface area contributed by atoms with E-state index >= 15 is 0 Å². The number of carbonyl (C=O) groups excluding carboxylic acids is 3. The minimum absolute atomic E-state index is 0.0569. The van der Waals surface area contributed by atoms with Crippen molar-refractivity contribution in [3.8, 4) is 0 Å². The molecule has 26 heavy (non-hydrogen) atoms. The number of ether oxygens (including phenoxy) is 1. The highest BCUT2D eigenvalue weighted by Gasteiger charge is 2.14. The van der Waals surface area contributed by atoms with Gasteiger partial charge in [-0.05, 0) is 19.1 Å². The van der Waals surface area contributed by atoms with Crippen LogP contribution in [0.2, 0.25) is 0 Å². The summed E-state index contributed by atoms with van der Waals surface area (Å²) in [5.74, 6) is -0.640. The molecule has 0 aliphatic rings. The van der Waals surface area contributed by atoms with Gasteiger partial charge in [0.2, 0.25) is 5.91 Å². The second-order valence-electron chi connectivity index (χ2n) is 5.31. The number of thiazole rings is 1. The molecule has 0 atom stereocenters. The average molecular weight is 393 g/mol. The van der Waals surface area contributed by atoms with Gasteiger partial charge < -0.3 is 15.4 Å². The molecule has 2 rings (SSSR count). The molecule has 2 N–H and O–H groups in total.